The molecule has 1 saturated heterocycles. The fraction of sp³-hybridized carbons (Fsp3) is 1.00. The summed E-state index contributed by atoms with van der Waals surface area (Å²) in [6, 6.07) is 1.42. The second kappa shape index (κ2) is 8.32. The van der Waals surface area contributed by atoms with Gasteiger partial charge in [-0.25, -0.2) is 0 Å². The lowest BCUT2D eigenvalue weighted by Crippen LogP contribution is -2.39. The number of nitrogens with zero attached hydrogens (tertiary/aromatic N) is 1. The third-order valence-corrected chi connectivity index (χ3v) is 4.00. The summed E-state index contributed by atoms with van der Waals surface area (Å²) < 4.78 is 0. The highest BCUT2D eigenvalue weighted by atomic mass is 35.5. The van der Waals surface area contributed by atoms with Crippen LogP contribution < -0.4 is 5.32 Å². The van der Waals surface area contributed by atoms with Gasteiger partial charge in [0.25, 0.3) is 0 Å². The van der Waals surface area contributed by atoms with Gasteiger partial charge in [-0.2, -0.15) is 0 Å². The average molecular weight is 247 g/mol. The van der Waals surface area contributed by atoms with E-state index in [0.717, 1.165) is 24.9 Å². The van der Waals surface area contributed by atoms with Crippen molar-refractivity contribution in [3.63, 3.8) is 0 Å². The minimum atomic E-state index is 0.617. The Morgan fingerprint density at radius 2 is 2.25 bits per heavy atom. The van der Waals surface area contributed by atoms with E-state index in [9.17, 15) is 0 Å². The minimum Gasteiger partial charge on any atom is -0.314 e. The molecule has 2 atom stereocenters. The molecular formula is C13H27ClN2. The van der Waals surface area contributed by atoms with Crippen molar-refractivity contribution in [2.45, 2.75) is 57.5 Å². The van der Waals surface area contributed by atoms with Gasteiger partial charge in [-0.05, 0) is 52.2 Å². The standard InChI is InChI=1S/C13H27ClN2/c1-3-12(7-9-14)15-10-8-13-6-4-5-11-16(13)2/h12-13,15H,3-11H2,1-2H3. The van der Waals surface area contributed by atoms with Crippen LogP contribution in [0.2, 0.25) is 0 Å². The van der Waals surface area contributed by atoms with Crippen LogP contribution in [0.4, 0.5) is 0 Å². The van der Waals surface area contributed by atoms with Gasteiger partial charge in [-0.1, -0.05) is 13.3 Å². The van der Waals surface area contributed by atoms with Crippen LogP contribution in [0.5, 0.6) is 0 Å². The molecule has 0 saturated carbocycles. The maximum atomic E-state index is 5.78. The Morgan fingerprint density at radius 1 is 1.44 bits per heavy atom. The zero-order chi connectivity index (χ0) is 11.8. The number of hydrogen-bond donors (Lipinski definition) is 1. The highest BCUT2D eigenvalue weighted by molar-refractivity contribution is 6.17. The van der Waals surface area contributed by atoms with Crippen LogP contribution in [0.15, 0.2) is 0 Å². The van der Waals surface area contributed by atoms with Gasteiger partial charge in [-0.15, -0.1) is 11.6 Å². The molecule has 96 valence electrons. The largest absolute Gasteiger partial charge is 0.314 e. The smallest absolute Gasteiger partial charge is 0.0238 e. The molecule has 2 nitrogen and oxygen atoms in total. The highest BCUT2D eigenvalue weighted by Crippen LogP contribution is 2.17. The van der Waals surface area contributed by atoms with Crippen molar-refractivity contribution >= 4 is 11.6 Å². The van der Waals surface area contributed by atoms with Gasteiger partial charge in [0, 0.05) is 18.0 Å². The second-order valence-electron chi connectivity index (χ2n) is 4.96. The molecule has 0 spiro atoms. The van der Waals surface area contributed by atoms with Crippen molar-refractivity contribution in [3.8, 4) is 0 Å². The number of halogens is 1. The summed E-state index contributed by atoms with van der Waals surface area (Å²) in [6.45, 7) is 4.66. The maximum Gasteiger partial charge on any atom is 0.0238 e. The number of alkyl halides is 1. The van der Waals surface area contributed by atoms with E-state index in [2.05, 4.69) is 24.2 Å². The van der Waals surface area contributed by atoms with Crippen molar-refractivity contribution in [3.05, 3.63) is 0 Å². The lowest BCUT2D eigenvalue weighted by Gasteiger charge is -2.33. The molecule has 0 radical (unpaired) electrons. The van der Waals surface area contributed by atoms with E-state index >= 15 is 0 Å². The van der Waals surface area contributed by atoms with E-state index in [0.29, 0.717) is 6.04 Å². The molecule has 1 rings (SSSR count). The Hall–Kier alpha value is 0.210. The van der Waals surface area contributed by atoms with Crippen molar-refractivity contribution in [2.24, 2.45) is 0 Å². The monoisotopic (exact) mass is 246 g/mol. The van der Waals surface area contributed by atoms with Crippen LogP contribution in [0.3, 0.4) is 0 Å². The molecule has 0 amide bonds. The van der Waals surface area contributed by atoms with Gasteiger partial charge in [0.1, 0.15) is 0 Å². The Morgan fingerprint density at radius 3 is 2.88 bits per heavy atom. The topological polar surface area (TPSA) is 15.3 Å². The molecule has 1 aliphatic rings. The summed E-state index contributed by atoms with van der Waals surface area (Å²) in [4.78, 5) is 2.52. The predicted octanol–water partition coefficient (Wildman–Crippen LogP) is 2.86. The lowest BCUT2D eigenvalue weighted by molar-refractivity contribution is 0.174. The summed E-state index contributed by atoms with van der Waals surface area (Å²) in [6.07, 6.45) is 7.74. The Labute approximate surface area is 106 Å². The normalized spacial score (nSPS) is 24.6. The molecule has 0 aliphatic carbocycles. The first-order valence-corrected chi connectivity index (χ1v) is 7.31. The molecule has 1 fully saturated rings. The first kappa shape index (κ1) is 14.3. The van der Waals surface area contributed by atoms with E-state index in [-0.39, 0.29) is 0 Å². The van der Waals surface area contributed by atoms with Gasteiger partial charge in [0.15, 0.2) is 0 Å². The van der Waals surface area contributed by atoms with E-state index in [1.54, 1.807) is 0 Å². The molecule has 0 aromatic rings. The minimum absolute atomic E-state index is 0.617. The summed E-state index contributed by atoms with van der Waals surface area (Å²) in [5.41, 5.74) is 0. The molecular weight excluding hydrogens is 220 g/mol. The molecule has 1 heterocycles. The summed E-state index contributed by atoms with van der Waals surface area (Å²) in [5.74, 6) is 0.773. The first-order valence-electron chi connectivity index (χ1n) is 6.77. The van der Waals surface area contributed by atoms with Crippen LogP contribution in [0, 0.1) is 0 Å². The van der Waals surface area contributed by atoms with Crippen LogP contribution in [0.1, 0.15) is 45.4 Å². The number of hydrogen-bond acceptors (Lipinski definition) is 2. The van der Waals surface area contributed by atoms with Crippen LogP contribution in [-0.4, -0.2) is 43.0 Å². The van der Waals surface area contributed by atoms with Crippen molar-refractivity contribution < 1.29 is 0 Å². The maximum absolute atomic E-state index is 5.78. The number of likely N-dealkylation sites (tertiary alicyclic amines) is 1. The summed E-state index contributed by atoms with van der Waals surface area (Å²) in [5, 5.41) is 3.63. The van der Waals surface area contributed by atoms with Gasteiger partial charge in [0.2, 0.25) is 0 Å². The quantitative estimate of drug-likeness (QED) is 0.695. The van der Waals surface area contributed by atoms with Gasteiger partial charge in [-0.3, -0.25) is 0 Å². The van der Waals surface area contributed by atoms with Gasteiger partial charge >= 0.3 is 0 Å². The summed E-state index contributed by atoms with van der Waals surface area (Å²) >= 11 is 5.78. The van der Waals surface area contributed by atoms with Crippen molar-refractivity contribution in [1.82, 2.24) is 10.2 Å². The molecule has 0 aromatic heterocycles. The van der Waals surface area contributed by atoms with Crippen LogP contribution >= 0.6 is 11.6 Å². The summed E-state index contributed by atoms with van der Waals surface area (Å²) in [7, 11) is 2.26. The van der Waals surface area contributed by atoms with Gasteiger partial charge in [0.05, 0.1) is 0 Å². The number of nitrogens with one attached hydrogen (secondary N) is 1. The Kier molecular flexibility index (Phi) is 7.42. The SMILES string of the molecule is CCC(CCCl)NCCC1CCCCN1C. The van der Waals surface area contributed by atoms with E-state index < -0.39 is 0 Å². The van der Waals surface area contributed by atoms with E-state index in [1.165, 1.54) is 38.6 Å². The Balaban J connectivity index is 2.13. The van der Waals surface area contributed by atoms with E-state index in [1.807, 2.05) is 0 Å². The third kappa shape index (κ3) is 5.03. The third-order valence-electron chi connectivity index (χ3n) is 3.78. The Bertz CT molecular complexity index is 175. The first-order chi connectivity index (χ1) is 7.77. The fourth-order valence-electron chi connectivity index (χ4n) is 2.55. The average Bonchev–Trinajstić information content (AvgIpc) is 2.30. The lowest BCUT2D eigenvalue weighted by atomic mass is 10.00. The molecule has 0 bridgehead atoms. The second-order valence-corrected chi connectivity index (χ2v) is 5.33. The zero-order valence-electron chi connectivity index (χ0n) is 10.8. The van der Waals surface area contributed by atoms with Crippen LogP contribution in [-0.2, 0) is 0 Å². The van der Waals surface area contributed by atoms with Gasteiger partial charge < -0.3 is 10.2 Å². The molecule has 3 heteroatoms. The predicted molar refractivity (Wildman–Crippen MR) is 72.3 cm³/mol. The van der Waals surface area contributed by atoms with Crippen LogP contribution in [0.25, 0.3) is 0 Å². The molecule has 1 N–H and O–H groups in total. The number of piperidine rings is 1. The van der Waals surface area contributed by atoms with Crippen molar-refractivity contribution in [2.75, 3.05) is 26.0 Å². The fourth-order valence-corrected chi connectivity index (χ4v) is 2.81. The molecule has 0 aromatic carbocycles. The molecule has 2 unspecified atom stereocenters. The highest BCUT2D eigenvalue weighted by Gasteiger charge is 2.18. The zero-order valence-corrected chi connectivity index (χ0v) is 11.6. The van der Waals surface area contributed by atoms with E-state index in [4.69, 9.17) is 11.6 Å². The van der Waals surface area contributed by atoms with Crippen molar-refractivity contribution in [1.29, 1.82) is 0 Å². The number of rotatable bonds is 7. The molecule has 16 heavy (non-hydrogen) atoms. The molecule has 1 aliphatic heterocycles.